The van der Waals surface area contributed by atoms with E-state index in [1.807, 2.05) is 18.2 Å². The van der Waals surface area contributed by atoms with Gasteiger partial charge >= 0.3 is 0 Å². The summed E-state index contributed by atoms with van der Waals surface area (Å²) in [5, 5.41) is 13.2. The molecule has 122 valence electrons. The van der Waals surface area contributed by atoms with Crippen LogP contribution in [0.25, 0.3) is 0 Å². The molecule has 2 unspecified atom stereocenters. The van der Waals surface area contributed by atoms with Crippen molar-refractivity contribution in [3.63, 3.8) is 0 Å². The van der Waals surface area contributed by atoms with Gasteiger partial charge in [-0.1, -0.05) is 25.1 Å². The summed E-state index contributed by atoms with van der Waals surface area (Å²) in [6.45, 7) is 5.86. The Hall–Kier alpha value is -1.52. The highest BCUT2D eigenvalue weighted by molar-refractivity contribution is 5.43. The summed E-state index contributed by atoms with van der Waals surface area (Å²) >= 11 is 0. The summed E-state index contributed by atoms with van der Waals surface area (Å²) in [6, 6.07) is 5.98. The minimum absolute atomic E-state index is 0.109. The van der Waals surface area contributed by atoms with Crippen LogP contribution >= 0.6 is 0 Å². The van der Waals surface area contributed by atoms with Crippen molar-refractivity contribution in [3.05, 3.63) is 36.4 Å². The van der Waals surface area contributed by atoms with Crippen molar-refractivity contribution >= 4 is 0 Å². The average Bonchev–Trinajstić information content (AvgIpc) is 2.53. The van der Waals surface area contributed by atoms with Crippen molar-refractivity contribution in [2.24, 2.45) is 5.92 Å². The molecule has 0 aromatic heterocycles. The SMILES string of the molecule is C=CCOc1ccc(CNCC2CCCC(O)C2)cc1OC. The first-order chi connectivity index (χ1) is 10.7. The summed E-state index contributed by atoms with van der Waals surface area (Å²) in [5.74, 6) is 2.07. The molecule has 0 heterocycles. The number of methoxy groups -OCH3 is 1. The van der Waals surface area contributed by atoms with E-state index < -0.39 is 0 Å². The molecule has 0 saturated heterocycles. The Balaban J connectivity index is 1.83. The lowest BCUT2D eigenvalue weighted by Crippen LogP contribution is -2.28. The van der Waals surface area contributed by atoms with Crippen molar-refractivity contribution in [3.8, 4) is 11.5 Å². The first-order valence-corrected chi connectivity index (χ1v) is 8.02. The molecule has 1 saturated carbocycles. The number of aliphatic hydroxyl groups is 1. The van der Waals surface area contributed by atoms with Crippen LogP contribution in [0.5, 0.6) is 11.5 Å². The second-order valence-corrected chi connectivity index (χ2v) is 5.90. The van der Waals surface area contributed by atoms with Crippen LogP contribution in [0.4, 0.5) is 0 Å². The van der Waals surface area contributed by atoms with Crippen molar-refractivity contribution in [1.82, 2.24) is 5.32 Å². The molecule has 1 aliphatic carbocycles. The average molecular weight is 305 g/mol. The van der Waals surface area contributed by atoms with Gasteiger partial charge in [-0.15, -0.1) is 0 Å². The highest BCUT2D eigenvalue weighted by Crippen LogP contribution is 2.28. The Labute approximate surface area is 133 Å². The summed E-state index contributed by atoms with van der Waals surface area (Å²) in [7, 11) is 1.65. The lowest BCUT2D eigenvalue weighted by molar-refractivity contribution is 0.101. The monoisotopic (exact) mass is 305 g/mol. The summed E-state index contributed by atoms with van der Waals surface area (Å²) in [4.78, 5) is 0. The molecule has 0 amide bonds. The Bertz CT molecular complexity index is 475. The van der Waals surface area contributed by atoms with Crippen LogP contribution in [0.15, 0.2) is 30.9 Å². The van der Waals surface area contributed by atoms with Crippen LogP contribution in [0.2, 0.25) is 0 Å². The molecule has 1 aliphatic rings. The molecule has 0 radical (unpaired) electrons. The fourth-order valence-electron chi connectivity index (χ4n) is 2.96. The smallest absolute Gasteiger partial charge is 0.161 e. The lowest BCUT2D eigenvalue weighted by Gasteiger charge is -2.26. The first-order valence-electron chi connectivity index (χ1n) is 8.02. The van der Waals surface area contributed by atoms with Gasteiger partial charge in [0.2, 0.25) is 0 Å². The Morgan fingerprint density at radius 1 is 1.36 bits per heavy atom. The van der Waals surface area contributed by atoms with Crippen LogP contribution in [-0.4, -0.2) is 31.5 Å². The predicted octanol–water partition coefficient (Wildman–Crippen LogP) is 2.90. The zero-order chi connectivity index (χ0) is 15.8. The number of hydrogen-bond acceptors (Lipinski definition) is 4. The molecule has 2 atom stereocenters. The van der Waals surface area contributed by atoms with E-state index >= 15 is 0 Å². The zero-order valence-electron chi connectivity index (χ0n) is 13.4. The van der Waals surface area contributed by atoms with Crippen molar-refractivity contribution in [1.29, 1.82) is 0 Å². The van der Waals surface area contributed by atoms with Crippen molar-refractivity contribution in [2.45, 2.75) is 38.3 Å². The number of rotatable bonds is 8. The molecular formula is C18H27NO3. The maximum Gasteiger partial charge on any atom is 0.161 e. The molecule has 4 heteroatoms. The third kappa shape index (κ3) is 5.04. The van der Waals surface area contributed by atoms with Gasteiger partial charge in [-0.05, 0) is 49.4 Å². The lowest BCUT2D eigenvalue weighted by atomic mass is 9.87. The largest absolute Gasteiger partial charge is 0.493 e. The van der Waals surface area contributed by atoms with E-state index in [0.717, 1.165) is 43.9 Å². The second kappa shape index (κ2) is 8.81. The normalized spacial score (nSPS) is 21.4. The quantitative estimate of drug-likeness (QED) is 0.725. The number of hydrogen-bond donors (Lipinski definition) is 2. The van der Waals surface area contributed by atoms with Gasteiger partial charge in [-0.3, -0.25) is 0 Å². The van der Waals surface area contributed by atoms with E-state index in [4.69, 9.17) is 9.47 Å². The van der Waals surface area contributed by atoms with Crippen LogP contribution < -0.4 is 14.8 Å². The molecule has 2 rings (SSSR count). The summed E-state index contributed by atoms with van der Waals surface area (Å²) in [5.41, 5.74) is 1.17. The van der Waals surface area contributed by atoms with E-state index in [9.17, 15) is 5.11 Å². The fourth-order valence-corrected chi connectivity index (χ4v) is 2.96. The Kier molecular flexibility index (Phi) is 6.74. The first kappa shape index (κ1) is 16.8. The van der Waals surface area contributed by atoms with E-state index in [0.29, 0.717) is 12.5 Å². The summed E-state index contributed by atoms with van der Waals surface area (Å²) in [6.07, 6.45) is 5.83. The highest BCUT2D eigenvalue weighted by Gasteiger charge is 2.19. The van der Waals surface area contributed by atoms with Gasteiger partial charge in [0, 0.05) is 6.54 Å². The molecule has 22 heavy (non-hydrogen) atoms. The molecule has 0 spiro atoms. The molecular weight excluding hydrogens is 278 g/mol. The topological polar surface area (TPSA) is 50.7 Å². The van der Waals surface area contributed by atoms with Crippen LogP contribution in [0, 0.1) is 5.92 Å². The maximum atomic E-state index is 9.70. The number of aliphatic hydroxyl groups excluding tert-OH is 1. The summed E-state index contributed by atoms with van der Waals surface area (Å²) < 4.78 is 10.9. The Morgan fingerprint density at radius 2 is 2.23 bits per heavy atom. The number of nitrogens with one attached hydrogen (secondary N) is 1. The zero-order valence-corrected chi connectivity index (χ0v) is 13.4. The van der Waals surface area contributed by atoms with Gasteiger partial charge < -0.3 is 19.9 Å². The number of benzene rings is 1. The van der Waals surface area contributed by atoms with Gasteiger partial charge in [-0.25, -0.2) is 0 Å². The molecule has 0 bridgehead atoms. The maximum absolute atomic E-state index is 9.70. The van der Waals surface area contributed by atoms with Gasteiger partial charge in [0.25, 0.3) is 0 Å². The van der Waals surface area contributed by atoms with Gasteiger partial charge in [0.15, 0.2) is 11.5 Å². The number of ether oxygens (including phenoxy) is 2. The standard InChI is InChI=1S/C18H27NO3/c1-3-9-22-17-8-7-15(11-18(17)21-2)13-19-12-14-5-4-6-16(20)10-14/h3,7-8,11,14,16,19-20H,1,4-6,9-10,12-13H2,2H3. The molecule has 1 aromatic rings. The van der Waals surface area contributed by atoms with Crippen LogP contribution in [-0.2, 0) is 6.54 Å². The molecule has 1 fully saturated rings. The molecule has 1 aromatic carbocycles. The third-order valence-corrected chi connectivity index (χ3v) is 4.10. The van der Waals surface area contributed by atoms with E-state index in [1.54, 1.807) is 13.2 Å². The fraction of sp³-hybridized carbons (Fsp3) is 0.556. The molecule has 0 aliphatic heterocycles. The minimum atomic E-state index is -0.109. The molecule has 4 nitrogen and oxygen atoms in total. The molecule has 2 N–H and O–H groups in total. The second-order valence-electron chi connectivity index (χ2n) is 5.90. The van der Waals surface area contributed by atoms with Crippen LogP contribution in [0.3, 0.4) is 0 Å². The van der Waals surface area contributed by atoms with E-state index in [1.165, 1.54) is 12.0 Å². The Morgan fingerprint density at radius 3 is 2.95 bits per heavy atom. The van der Waals surface area contributed by atoms with E-state index in [-0.39, 0.29) is 6.10 Å². The van der Waals surface area contributed by atoms with Gasteiger partial charge in [0.1, 0.15) is 6.61 Å². The van der Waals surface area contributed by atoms with Gasteiger partial charge in [0.05, 0.1) is 13.2 Å². The highest BCUT2D eigenvalue weighted by atomic mass is 16.5. The van der Waals surface area contributed by atoms with E-state index in [2.05, 4.69) is 11.9 Å². The third-order valence-electron chi connectivity index (χ3n) is 4.10. The van der Waals surface area contributed by atoms with Gasteiger partial charge in [-0.2, -0.15) is 0 Å². The van der Waals surface area contributed by atoms with Crippen LogP contribution in [0.1, 0.15) is 31.2 Å². The van der Waals surface area contributed by atoms with Crippen molar-refractivity contribution in [2.75, 3.05) is 20.3 Å². The predicted molar refractivity (Wildman–Crippen MR) is 88.4 cm³/mol. The van der Waals surface area contributed by atoms with Crippen molar-refractivity contribution < 1.29 is 14.6 Å². The minimum Gasteiger partial charge on any atom is -0.493 e.